The van der Waals surface area contributed by atoms with Crippen LogP contribution < -0.4 is 4.90 Å². The molecule has 1 saturated heterocycles. The van der Waals surface area contributed by atoms with E-state index in [1.807, 2.05) is 4.90 Å². The quantitative estimate of drug-likeness (QED) is 0.513. The van der Waals surface area contributed by atoms with Gasteiger partial charge in [-0.1, -0.05) is 11.6 Å². The van der Waals surface area contributed by atoms with E-state index in [0.29, 0.717) is 44.2 Å². The maximum atomic E-state index is 12.8. The highest BCUT2D eigenvalue weighted by Crippen LogP contribution is 2.34. The van der Waals surface area contributed by atoms with Gasteiger partial charge in [-0.05, 0) is 40.8 Å². The molecule has 0 amide bonds. The predicted molar refractivity (Wildman–Crippen MR) is 106 cm³/mol. The smallest absolute Gasteiger partial charge is 0.353 e. The van der Waals surface area contributed by atoms with Crippen molar-refractivity contribution in [3.8, 4) is 5.69 Å². The first-order valence-electron chi connectivity index (χ1n) is 9.67. The van der Waals surface area contributed by atoms with Crippen LogP contribution in [0.4, 0.5) is 32.2 Å². The van der Waals surface area contributed by atoms with Gasteiger partial charge in [-0.25, -0.2) is 4.98 Å². The van der Waals surface area contributed by atoms with E-state index in [4.69, 9.17) is 11.6 Å². The van der Waals surface area contributed by atoms with Gasteiger partial charge in [-0.3, -0.25) is 4.90 Å². The Morgan fingerprint density at radius 1 is 0.879 bits per heavy atom. The molecule has 0 N–H and O–H groups in total. The van der Waals surface area contributed by atoms with Crippen LogP contribution in [0.2, 0.25) is 5.02 Å². The summed E-state index contributed by atoms with van der Waals surface area (Å²) in [6.45, 7) is 2.30. The molecule has 2 aromatic heterocycles. The van der Waals surface area contributed by atoms with E-state index >= 15 is 0 Å². The number of hydrogen-bond donors (Lipinski definition) is 0. The number of alkyl halides is 6. The predicted octanol–water partition coefficient (Wildman–Crippen LogP) is 4.07. The molecule has 0 bridgehead atoms. The summed E-state index contributed by atoms with van der Waals surface area (Å²) < 4.78 is 78.1. The van der Waals surface area contributed by atoms with E-state index in [0.717, 1.165) is 24.4 Å². The Bertz CT molecular complexity index is 1110. The Balaban J connectivity index is 1.40. The molecule has 0 aliphatic carbocycles. The monoisotopic (exact) mass is 491 g/mol. The van der Waals surface area contributed by atoms with Crippen LogP contribution in [0.5, 0.6) is 0 Å². The third kappa shape index (κ3) is 5.19. The molecule has 1 aromatic carbocycles. The van der Waals surface area contributed by atoms with Crippen molar-refractivity contribution in [3.05, 3.63) is 58.5 Å². The van der Waals surface area contributed by atoms with Gasteiger partial charge in [0.1, 0.15) is 5.82 Å². The van der Waals surface area contributed by atoms with Crippen molar-refractivity contribution >= 4 is 17.4 Å². The highest BCUT2D eigenvalue weighted by molar-refractivity contribution is 6.33. The van der Waals surface area contributed by atoms with Gasteiger partial charge in [0.25, 0.3) is 0 Å². The molecule has 3 heterocycles. The van der Waals surface area contributed by atoms with E-state index in [9.17, 15) is 26.3 Å². The van der Waals surface area contributed by atoms with Crippen LogP contribution >= 0.6 is 11.6 Å². The molecule has 176 valence electrons. The van der Waals surface area contributed by atoms with E-state index in [-0.39, 0.29) is 10.8 Å². The maximum absolute atomic E-state index is 12.8. The molecule has 0 atom stereocenters. The average molecular weight is 492 g/mol. The second-order valence-electron chi connectivity index (χ2n) is 7.34. The zero-order valence-electron chi connectivity index (χ0n) is 16.8. The SMILES string of the molecule is FC(F)(F)c1ccc(-n2nnnc2CN2CCN(c3ncc(C(F)(F)F)cc3Cl)CC2)cc1. The van der Waals surface area contributed by atoms with Crippen molar-refractivity contribution in [1.82, 2.24) is 30.1 Å². The van der Waals surface area contributed by atoms with Crippen LogP contribution in [-0.2, 0) is 18.9 Å². The number of nitrogens with zero attached hydrogens (tertiary/aromatic N) is 7. The Hall–Kier alpha value is -2.93. The van der Waals surface area contributed by atoms with E-state index in [1.54, 1.807) is 4.90 Å². The number of tetrazole rings is 1. The van der Waals surface area contributed by atoms with Crippen molar-refractivity contribution in [1.29, 1.82) is 0 Å². The third-order valence-corrected chi connectivity index (χ3v) is 5.44. The van der Waals surface area contributed by atoms with Crippen LogP contribution in [0.1, 0.15) is 17.0 Å². The molecule has 0 saturated carbocycles. The van der Waals surface area contributed by atoms with Gasteiger partial charge in [-0.15, -0.1) is 5.10 Å². The Kier molecular flexibility index (Phi) is 6.18. The lowest BCUT2D eigenvalue weighted by Crippen LogP contribution is -2.46. The van der Waals surface area contributed by atoms with Gasteiger partial charge in [0.2, 0.25) is 0 Å². The number of halogens is 7. The Morgan fingerprint density at radius 3 is 2.09 bits per heavy atom. The summed E-state index contributed by atoms with van der Waals surface area (Å²) in [6.07, 6.45) is -8.21. The summed E-state index contributed by atoms with van der Waals surface area (Å²) in [5.41, 5.74) is -1.29. The minimum absolute atomic E-state index is 0.0791. The lowest BCUT2D eigenvalue weighted by molar-refractivity contribution is -0.138. The lowest BCUT2D eigenvalue weighted by Gasteiger charge is -2.35. The van der Waals surface area contributed by atoms with Crippen LogP contribution in [0.15, 0.2) is 36.5 Å². The van der Waals surface area contributed by atoms with Gasteiger partial charge in [0.05, 0.1) is 28.4 Å². The molecule has 0 spiro atoms. The molecule has 33 heavy (non-hydrogen) atoms. The highest BCUT2D eigenvalue weighted by atomic mass is 35.5. The van der Waals surface area contributed by atoms with Crippen LogP contribution in [0.25, 0.3) is 5.69 Å². The molecule has 1 aliphatic heterocycles. The summed E-state index contributed by atoms with van der Waals surface area (Å²) in [5.74, 6) is 0.716. The van der Waals surface area contributed by atoms with Crippen molar-refractivity contribution in [2.45, 2.75) is 18.9 Å². The first-order chi connectivity index (χ1) is 15.5. The maximum Gasteiger partial charge on any atom is 0.417 e. The second-order valence-corrected chi connectivity index (χ2v) is 7.75. The number of piperazine rings is 1. The van der Waals surface area contributed by atoms with Gasteiger partial charge in [-0.2, -0.15) is 31.0 Å². The zero-order chi connectivity index (χ0) is 23.8. The first kappa shape index (κ1) is 23.2. The summed E-state index contributed by atoms with van der Waals surface area (Å²) in [5, 5.41) is 11.4. The second kappa shape index (κ2) is 8.78. The molecular formula is C19H16ClF6N7. The molecule has 0 unspecified atom stereocenters. The Morgan fingerprint density at radius 2 is 1.52 bits per heavy atom. The molecule has 4 rings (SSSR count). The minimum atomic E-state index is -4.52. The lowest BCUT2D eigenvalue weighted by atomic mass is 10.2. The summed E-state index contributed by atoms with van der Waals surface area (Å²) >= 11 is 6.03. The molecule has 14 heteroatoms. The van der Waals surface area contributed by atoms with E-state index < -0.39 is 23.5 Å². The minimum Gasteiger partial charge on any atom is -0.353 e. The number of benzene rings is 1. The Labute approximate surface area is 188 Å². The standard InChI is InChI=1S/C19H16ClF6N7/c20-15-9-13(19(24,25)26)10-27-17(15)32-7-5-31(6-8-32)11-16-28-29-30-33(16)14-3-1-12(2-4-14)18(21,22)23/h1-4,9-10H,5-8,11H2. The van der Waals surface area contributed by atoms with Crippen LogP contribution in [0, 0.1) is 0 Å². The number of anilines is 1. The van der Waals surface area contributed by atoms with Gasteiger partial charge >= 0.3 is 12.4 Å². The third-order valence-electron chi connectivity index (χ3n) is 5.16. The largest absolute Gasteiger partial charge is 0.417 e. The van der Waals surface area contributed by atoms with E-state index in [2.05, 4.69) is 20.5 Å². The first-order valence-corrected chi connectivity index (χ1v) is 10.0. The fourth-order valence-electron chi connectivity index (χ4n) is 3.43. The molecule has 1 fully saturated rings. The van der Waals surface area contributed by atoms with E-state index in [1.165, 1.54) is 16.8 Å². The number of pyridine rings is 1. The average Bonchev–Trinajstić information content (AvgIpc) is 3.21. The molecule has 3 aromatic rings. The topological polar surface area (TPSA) is 63.0 Å². The van der Waals surface area contributed by atoms with Gasteiger partial charge in [0, 0.05) is 32.4 Å². The van der Waals surface area contributed by atoms with Crippen LogP contribution in [0.3, 0.4) is 0 Å². The number of aromatic nitrogens is 5. The van der Waals surface area contributed by atoms with Crippen LogP contribution in [-0.4, -0.2) is 56.3 Å². The summed E-state index contributed by atoms with van der Waals surface area (Å²) in [7, 11) is 0. The van der Waals surface area contributed by atoms with Crippen molar-refractivity contribution in [2.75, 3.05) is 31.1 Å². The summed E-state index contributed by atoms with van der Waals surface area (Å²) in [4.78, 5) is 7.69. The number of hydrogen-bond acceptors (Lipinski definition) is 6. The fourth-order valence-corrected chi connectivity index (χ4v) is 3.72. The van der Waals surface area contributed by atoms with Crippen molar-refractivity contribution in [3.63, 3.8) is 0 Å². The molecule has 0 radical (unpaired) electrons. The van der Waals surface area contributed by atoms with Gasteiger partial charge < -0.3 is 4.90 Å². The summed E-state index contributed by atoms with van der Waals surface area (Å²) in [6, 6.07) is 5.35. The molecule has 7 nitrogen and oxygen atoms in total. The van der Waals surface area contributed by atoms with Crippen molar-refractivity contribution in [2.24, 2.45) is 0 Å². The zero-order valence-corrected chi connectivity index (χ0v) is 17.5. The normalized spacial score (nSPS) is 15.8. The fraction of sp³-hybridized carbons (Fsp3) is 0.368. The van der Waals surface area contributed by atoms with Crippen molar-refractivity contribution < 1.29 is 26.3 Å². The molecular weight excluding hydrogens is 476 g/mol. The highest BCUT2D eigenvalue weighted by Gasteiger charge is 2.33. The number of rotatable bonds is 4. The van der Waals surface area contributed by atoms with Gasteiger partial charge in [0.15, 0.2) is 5.82 Å². The molecule has 1 aliphatic rings.